The third-order valence-electron chi connectivity index (χ3n) is 5.64. The molecular weight excluding hydrogens is 512 g/mol. The summed E-state index contributed by atoms with van der Waals surface area (Å²) >= 11 is 0. The molecule has 0 aliphatic heterocycles. The Kier molecular flexibility index (Phi) is 10.1. The smallest absolute Gasteiger partial charge is 1.00 e. The Morgan fingerprint density at radius 1 is 0.946 bits per heavy atom. The van der Waals surface area contributed by atoms with E-state index in [2.05, 4.69) is 30.5 Å². The van der Waals surface area contributed by atoms with Gasteiger partial charge >= 0.3 is 64.8 Å². The van der Waals surface area contributed by atoms with Crippen LogP contribution in [0, 0.1) is 0 Å². The fraction of sp³-hybridized carbons (Fsp3) is 0.231. The summed E-state index contributed by atoms with van der Waals surface area (Å²) in [6, 6.07) is 16.2. The maximum atomic E-state index is 12.5. The predicted octanol–water partition coefficient (Wildman–Crippen LogP) is -1.74. The fourth-order valence-corrected chi connectivity index (χ4v) is 4.61. The quantitative estimate of drug-likeness (QED) is 0.292. The van der Waals surface area contributed by atoms with Crippen LogP contribution in [0.25, 0.3) is 27.6 Å². The summed E-state index contributed by atoms with van der Waals surface area (Å²) in [7, 11) is -1.76. The van der Waals surface area contributed by atoms with Crippen LogP contribution in [-0.2, 0) is 15.4 Å². The zero-order valence-corrected chi connectivity index (χ0v) is 27.0. The molecular formula is C26H29N3Na2O5S. The van der Waals surface area contributed by atoms with Gasteiger partial charge in [-0.1, -0.05) is 39.0 Å². The summed E-state index contributed by atoms with van der Waals surface area (Å²) in [5.41, 5.74) is 2.34. The molecule has 1 aromatic heterocycles. The van der Waals surface area contributed by atoms with Gasteiger partial charge in [0.1, 0.15) is 5.75 Å². The number of anilines is 1. The normalized spacial score (nSPS) is 11.4. The van der Waals surface area contributed by atoms with Gasteiger partial charge < -0.3 is 7.59 Å². The molecule has 0 atom stereocenters. The third-order valence-corrected chi connectivity index (χ3v) is 6.25. The number of sulfonamides is 1. The van der Waals surface area contributed by atoms with E-state index in [-0.39, 0.29) is 67.4 Å². The van der Waals surface area contributed by atoms with Crippen LogP contribution in [0.3, 0.4) is 0 Å². The standard InChI is InChI=1S/C26H27N3O5S.2Na.2H/c1-26(2,3)22-15-20(29-11-10-23(30)27-25(29)31)14-21(24(22)34-4)18-7-6-17-13-19(28-35(5,32)33)9-8-16(17)12-18;;;;/h6-15,28H,1-5H3,(H,27,30,31);;;;/q;2*+1;2*-1. The molecule has 0 bridgehead atoms. The second-order valence-electron chi connectivity index (χ2n) is 9.46. The van der Waals surface area contributed by atoms with E-state index < -0.39 is 21.3 Å². The molecule has 4 rings (SSSR count). The van der Waals surface area contributed by atoms with Gasteiger partial charge in [-0.25, -0.2) is 13.2 Å². The van der Waals surface area contributed by atoms with Gasteiger partial charge in [-0.3, -0.25) is 19.1 Å². The van der Waals surface area contributed by atoms with Gasteiger partial charge in [-0.15, -0.1) is 0 Å². The van der Waals surface area contributed by atoms with Crippen molar-refractivity contribution in [3.8, 4) is 22.6 Å². The predicted molar refractivity (Wildman–Crippen MR) is 142 cm³/mol. The number of nitrogens with one attached hydrogen (secondary N) is 2. The zero-order chi connectivity index (χ0) is 25.5. The number of ether oxygens (including phenoxy) is 1. The van der Waals surface area contributed by atoms with Gasteiger partial charge in [0.15, 0.2) is 0 Å². The minimum absolute atomic E-state index is 0. The summed E-state index contributed by atoms with van der Waals surface area (Å²) in [5.74, 6) is 0.688. The molecule has 0 saturated carbocycles. The molecule has 186 valence electrons. The Bertz CT molecular complexity index is 1680. The van der Waals surface area contributed by atoms with E-state index in [1.807, 2.05) is 36.4 Å². The van der Waals surface area contributed by atoms with E-state index in [0.717, 1.165) is 33.7 Å². The van der Waals surface area contributed by atoms with Crippen molar-refractivity contribution in [3.05, 3.63) is 87.2 Å². The van der Waals surface area contributed by atoms with Gasteiger partial charge in [0.2, 0.25) is 10.0 Å². The maximum absolute atomic E-state index is 12.5. The number of hydrogen-bond donors (Lipinski definition) is 2. The Morgan fingerprint density at radius 2 is 1.59 bits per heavy atom. The second kappa shape index (κ2) is 11.9. The number of rotatable bonds is 5. The minimum Gasteiger partial charge on any atom is -1.00 e. The number of aromatic nitrogens is 2. The largest absolute Gasteiger partial charge is 1.00 e. The minimum atomic E-state index is -3.38. The van der Waals surface area contributed by atoms with E-state index in [9.17, 15) is 18.0 Å². The van der Waals surface area contributed by atoms with Crippen molar-refractivity contribution in [2.45, 2.75) is 26.2 Å². The van der Waals surface area contributed by atoms with Crippen LogP contribution in [0.5, 0.6) is 5.75 Å². The molecule has 11 heteroatoms. The van der Waals surface area contributed by atoms with Gasteiger partial charge in [-0.2, -0.15) is 0 Å². The molecule has 0 radical (unpaired) electrons. The Balaban J connectivity index is 0.00000361. The topological polar surface area (TPSA) is 110 Å². The number of H-pyrrole nitrogens is 1. The summed E-state index contributed by atoms with van der Waals surface area (Å²) in [6.07, 6.45) is 2.57. The van der Waals surface area contributed by atoms with Crippen LogP contribution in [0.2, 0.25) is 0 Å². The SMILES string of the molecule is COc1c(-c2ccc3cc(NS(C)(=O)=O)ccc3c2)cc(-n2ccc(=O)[nH]c2=O)cc1C(C)(C)C.[H-].[H-].[Na+].[Na+]. The first-order valence-corrected chi connectivity index (χ1v) is 12.8. The molecule has 37 heavy (non-hydrogen) atoms. The molecule has 1 heterocycles. The molecule has 0 unspecified atom stereocenters. The molecule has 0 aliphatic rings. The average molecular weight is 542 g/mol. The Morgan fingerprint density at radius 3 is 2.19 bits per heavy atom. The van der Waals surface area contributed by atoms with Crippen LogP contribution in [0.4, 0.5) is 5.69 Å². The van der Waals surface area contributed by atoms with Crippen LogP contribution in [0.1, 0.15) is 29.2 Å². The number of methoxy groups -OCH3 is 1. The molecule has 0 saturated heterocycles. The van der Waals surface area contributed by atoms with Crippen molar-refractivity contribution >= 4 is 26.5 Å². The van der Waals surface area contributed by atoms with Crippen molar-refractivity contribution in [1.82, 2.24) is 9.55 Å². The molecule has 0 spiro atoms. The number of aromatic amines is 1. The van der Waals surface area contributed by atoms with Gasteiger partial charge in [0.05, 0.1) is 19.1 Å². The van der Waals surface area contributed by atoms with E-state index in [4.69, 9.17) is 4.74 Å². The average Bonchev–Trinajstić information content (AvgIpc) is 2.76. The van der Waals surface area contributed by atoms with Crippen LogP contribution < -0.4 is 79.8 Å². The van der Waals surface area contributed by atoms with Crippen molar-refractivity contribution < 1.29 is 75.1 Å². The number of fused-ring (bicyclic) bond motifs is 1. The number of nitrogens with zero attached hydrogens (tertiary/aromatic N) is 1. The molecule has 8 nitrogen and oxygen atoms in total. The van der Waals surface area contributed by atoms with Crippen molar-refractivity contribution in [2.75, 3.05) is 18.1 Å². The molecule has 4 aromatic rings. The van der Waals surface area contributed by atoms with Crippen molar-refractivity contribution in [1.29, 1.82) is 0 Å². The summed E-state index contributed by atoms with van der Waals surface area (Å²) in [5, 5.41) is 1.78. The Labute approximate surface area is 263 Å². The number of hydrogen-bond acceptors (Lipinski definition) is 5. The van der Waals surface area contributed by atoms with Crippen LogP contribution in [0.15, 0.2) is 70.4 Å². The van der Waals surface area contributed by atoms with E-state index in [1.54, 1.807) is 19.2 Å². The van der Waals surface area contributed by atoms with Crippen LogP contribution in [-0.4, -0.2) is 31.3 Å². The van der Waals surface area contributed by atoms with E-state index in [1.165, 1.54) is 16.8 Å². The first-order valence-electron chi connectivity index (χ1n) is 10.9. The van der Waals surface area contributed by atoms with Gasteiger partial charge in [-0.05, 0) is 52.1 Å². The fourth-order valence-electron chi connectivity index (χ4n) is 4.06. The van der Waals surface area contributed by atoms with Gasteiger partial charge in [0.25, 0.3) is 5.56 Å². The first-order chi connectivity index (χ1) is 16.4. The van der Waals surface area contributed by atoms with Gasteiger partial charge in [0, 0.05) is 29.1 Å². The first kappa shape index (κ1) is 31.4. The second-order valence-corrected chi connectivity index (χ2v) is 11.2. The summed E-state index contributed by atoms with van der Waals surface area (Å²) < 4.78 is 32.9. The monoisotopic (exact) mass is 541 g/mol. The number of benzene rings is 3. The third kappa shape index (κ3) is 7.17. The zero-order valence-electron chi connectivity index (χ0n) is 24.2. The summed E-state index contributed by atoms with van der Waals surface area (Å²) in [6.45, 7) is 6.18. The van der Waals surface area contributed by atoms with Crippen molar-refractivity contribution in [2.24, 2.45) is 0 Å². The Hall–Kier alpha value is -1.85. The molecule has 0 aliphatic carbocycles. The summed E-state index contributed by atoms with van der Waals surface area (Å²) in [4.78, 5) is 26.4. The molecule has 0 fully saturated rings. The molecule has 3 aromatic carbocycles. The van der Waals surface area contributed by atoms with Crippen LogP contribution >= 0.6 is 0 Å². The molecule has 0 amide bonds. The maximum Gasteiger partial charge on any atom is 1.00 e. The van der Waals surface area contributed by atoms with E-state index in [0.29, 0.717) is 17.1 Å². The van der Waals surface area contributed by atoms with E-state index >= 15 is 0 Å². The molecule has 2 N–H and O–H groups in total. The van der Waals surface area contributed by atoms with Crippen molar-refractivity contribution in [3.63, 3.8) is 0 Å².